The molecule has 0 bridgehead atoms. The zero-order valence-electron chi connectivity index (χ0n) is 24.2. The molecular weight excluding hydrogens is 554 g/mol. The van der Waals surface area contributed by atoms with E-state index in [1.807, 2.05) is 25.1 Å². The fourth-order valence-corrected chi connectivity index (χ4v) is 4.88. The smallest absolute Gasteiger partial charge is 0.323 e. The molecule has 0 fully saturated rings. The highest BCUT2D eigenvalue weighted by atomic mass is 16.7. The predicted octanol–water partition coefficient (Wildman–Crippen LogP) is 4.44. The molecule has 2 aliphatic heterocycles. The van der Waals surface area contributed by atoms with Gasteiger partial charge >= 0.3 is 12.1 Å². The molecule has 12 nitrogen and oxygen atoms in total. The van der Waals surface area contributed by atoms with E-state index in [-0.39, 0.29) is 49.9 Å². The lowest BCUT2D eigenvalue weighted by Crippen LogP contribution is -2.50. The number of rotatable bonds is 7. The van der Waals surface area contributed by atoms with Gasteiger partial charge in [0.05, 0.1) is 24.8 Å². The fraction of sp³-hybridized carbons (Fsp3) is 0.323. The normalized spacial score (nSPS) is 18.0. The van der Waals surface area contributed by atoms with Crippen LogP contribution in [0.25, 0.3) is 0 Å². The van der Waals surface area contributed by atoms with Crippen LogP contribution in [0.5, 0.6) is 17.2 Å². The summed E-state index contributed by atoms with van der Waals surface area (Å²) in [5, 5.41) is 18.3. The van der Waals surface area contributed by atoms with E-state index in [0.29, 0.717) is 34.3 Å². The van der Waals surface area contributed by atoms with E-state index >= 15 is 0 Å². The number of amides is 5. The second-order valence-electron chi connectivity index (χ2n) is 10.7. The number of aliphatic hydroxyl groups excluding tert-OH is 1. The molecule has 0 unspecified atom stereocenters. The van der Waals surface area contributed by atoms with Crippen LogP contribution in [0.4, 0.5) is 26.7 Å². The van der Waals surface area contributed by atoms with E-state index in [9.17, 15) is 19.5 Å². The fourth-order valence-electron chi connectivity index (χ4n) is 4.88. The second kappa shape index (κ2) is 12.9. The van der Waals surface area contributed by atoms with E-state index < -0.39 is 18.2 Å². The lowest BCUT2D eigenvalue weighted by Gasteiger charge is -2.38. The molecular formula is C31H35N5O7. The van der Waals surface area contributed by atoms with Crippen LogP contribution in [0.3, 0.4) is 0 Å². The van der Waals surface area contributed by atoms with Crippen molar-refractivity contribution in [2.24, 2.45) is 5.92 Å². The number of nitrogens with one attached hydrogen (secondary N) is 3. The van der Waals surface area contributed by atoms with Crippen LogP contribution in [0, 0.1) is 5.92 Å². The Labute approximate surface area is 249 Å². The molecule has 2 aliphatic rings. The summed E-state index contributed by atoms with van der Waals surface area (Å²) in [7, 11) is 1.66. The maximum absolute atomic E-state index is 13.7. The van der Waals surface area contributed by atoms with E-state index in [1.54, 1.807) is 67.4 Å². The summed E-state index contributed by atoms with van der Waals surface area (Å²) in [6.45, 7) is 4.11. The molecule has 3 aromatic carbocycles. The number of hydrogen-bond donors (Lipinski definition) is 4. The number of carbonyl (C=O) groups excluding carboxylic acids is 3. The molecule has 0 aliphatic carbocycles. The standard InChI is InChI=1S/C31H35N5O7/c1-19-15-36(20(2)17-37)29(38)24-13-22(33-30(39)32-21-7-5-4-6-8-21)9-11-25(24)43-28(19)16-35(3)31(40)34-23-10-12-26-27(14-23)42-18-41-26/h4-14,19-20,28,37H,15-18H2,1-3H3,(H,34,40)(H2,32,33,39)/t19-,20+,28+/m0/s1. The van der Waals surface area contributed by atoms with Crippen LogP contribution in [-0.4, -0.2) is 78.6 Å². The van der Waals surface area contributed by atoms with Crippen LogP contribution in [-0.2, 0) is 0 Å². The Balaban J connectivity index is 1.33. The van der Waals surface area contributed by atoms with E-state index in [1.165, 1.54) is 4.90 Å². The molecule has 5 amide bonds. The Bertz CT molecular complexity index is 1480. The van der Waals surface area contributed by atoms with Crippen molar-refractivity contribution in [2.45, 2.75) is 26.0 Å². The number of nitrogens with zero attached hydrogens (tertiary/aromatic N) is 2. The van der Waals surface area contributed by atoms with Gasteiger partial charge in [-0.1, -0.05) is 25.1 Å². The lowest BCUT2D eigenvalue weighted by atomic mass is 9.99. The largest absolute Gasteiger partial charge is 0.487 e. The second-order valence-corrected chi connectivity index (χ2v) is 10.7. The molecule has 2 heterocycles. The Kier molecular flexibility index (Phi) is 8.86. The minimum Gasteiger partial charge on any atom is -0.487 e. The van der Waals surface area contributed by atoms with Crippen molar-refractivity contribution in [2.75, 3.05) is 49.5 Å². The zero-order chi connectivity index (χ0) is 30.5. The molecule has 226 valence electrons. The molecule has 0 aromatic heterocycles. The number of likely N-dealkylation sites (N-methyl/N-ethyl adjacent to an activating group) is 1. The van der Waals surface area contributed by atoms with Crippen LogP contribution in [0.2, 0.25) is 0 Å². The highest BCUT2D eigenvalue weighted by molar-refractivity contribution is 6.02. The molecule has 5 rings (SSSR count). The van der Waals surface area contributed by atoms with Crippen molar-refractivity contribution >= 4 is 35.0 Å². The SMILES string of the molecule is C[C@H](CO)N1C[C@H](C)[C@@H](CN(C)C(=O)Nc2ccc3c(c2)OCO3)Oc2ccc(NC(=O)Nc3ccccc3)cc2C1=O. The summed E-state index contributed by atoms with van der Waals surface area (Å²) >= 11 is 0. The molecule has 12 heteroatoms. The van der Waals surface area contributed by atoms with Gasteiger partial charge in [0, 0.05) is 42.6 Å². The number of para-hydroxylation sites is 1. The number of anilines is 3. The molecule has 0 radical (unpaired) electrons. The molecule has 0 saturated carbocycles. The highest BCUT2D eigenvalue weighted by Gasteiger charge is 2.34. The summed E-state index contributed by atoms with van der Waals surface area (Å²) in [6, 6.07) is 17.7. The maximum atomic E-state index is 13.7. The third-order valence-corrected chi connectivity index (χ3v) is 7.38. The van der Waals surface area contributed by atoms with Gasteiger partial charge in [0.25, 0.3) is 5.91 Å². The summed E-state index contributed by atoms with van der Waals surface area (Å²) in [5.74, 6) is 0.968. The van der Waals surface area contributed by atoms with Gasteiger partial charge in [-0.05, 0) is 49.4 Å². The Morgan fingerprint density at radius 2 is 1.63 bits per heavy atom. The van der Waals surface area contributed by atoms with Crippen molar-refractivity contribution in [1.82, 2.24) is 9.80 Å². The number of carbonyl (C=O) groups is 3. The quantitative estimate of drug-likeness (QED) is 0.319. The van der Waals surface area contributed by atoms with Gasteiger partial charge in [0.15, 0.2) is 11.5 Å². The van der Waals surface area contributed by atoms with Gasteiger partial charge in [0.1, 0.15) is 11.9 Å². The number of aliphatic hydroxyl groups is 1. The lowest BCUT2D eigenvalue weighted by molar-refractivity contribution is 0.0371. The zero-order valence-corrected chi connectivity index (χ0v) is 24.2. The summed E-state index contributed by atoms with van der Waals surface area (Å²) in [6.07, 6.45) is -0.493. The van der Waals surface area contributed by atoms with Gasteiger partial charge in [-0.3, -0.25) is 4.79 Å². The van der Waals surface area contributed by atoms with Crippen molar-refractivity contribution < 1.29 is 33.7 Å². The van der Waals surface area contributed by atoms with Crippen molar-refractivity contribution in [3.63, 3.8) is 0 Å². The first-order valence-electron chi connectivity index (χ1n) is 14.0. The van der Waals surface area contributed by atoms with Gasteiger partial charge in [-0.2, -0.15) is 0 Å². The van der Waals surface area contributed by atoms with Crippen LogP contribution in [0.15, 0.2) is 66.7 Å². The average molecular weight is 590 g/mol. The van der Waals surface area contributed by atoms with E-state index in [2.05, 4.69) is 16.0 Å². The monoisotopic (exact) mass is 589 g/mol. The number of ether oxygens (including phenoxy) is 3. The first-order valence-corrected chi connectivity index (χ1v) is 14.0. The van der Waals surface area contributed by atoms with Crippen LogP contribution < -0.4 is 30.2 Å². The summed E-state index contributed by atoms with van der Waals surface area (Å²) < 4.78 is 17.1. The molecule has 3 aromatic rings. The van der Waals surface area contributed by atoms with Crippen molar-refractivity contribution in [3.8, 4) is 17.2 Å². The topological polar surface area (TPSA) is 142 Å². The molecule has 43 heavy (non-hydrogen) atoms. The predicted molar refractivity (Wildman–Crippen MR) is 161 cm³/mol. The first-order chi connectivity index (χ1) is 20.7. The van der Waals surface area contributed by atoms with Gasteiger partial charge in [-0.15, -0.1) is 0 Å². The van der Waals surface area contributed by atoms with Crippen LogP contribution >= 0.6 is 0 Å². The average Bonchev–Trinajstić information content (AvgIpc) is 3.47. The van der Waals surface area contributed by atoms with Crippen molar-refractivity contribution in [3.05, 3.63) is 72.3 Å². The van der Waals surface area contributed by atoms with Gasteiger partial charge in [-0.25, -0.2) is 9.59 Å². The van der Waals surface area contributed by atoms with Crippen LogP contribution in [0.1, 0.15) is 24.2 Å². The summed E-state index contributed by atoms with van der Waals surface area (Å²) in [5.41, 5.74) is 1.81. The molecule has 4 N–H and O–H groups in total. The summed E-state index contributed by atoms with van der Waals surface area (Å²) in [4.78, 5) is 42.5. The molecule has 0 spiro atoms. The minimum absolute atomic E-state index is 0.137. The minimum atomic E-state index is -0.493. The number of hydrogen-bond acceptors (Lipinski definition) is 7. The maximum Gasteiger partial charge on any atom is 0.323 e. The van der Waals surface area contributed by atoms with E-state index in [0.717, 1.165) is 0 Å². The Morgan fingerprint density at radius 1 is 0.953 bits per heavy atom. The number of benzene rings is 3. The van der Waals surface area contributed by atoms with E-state index in [4.69, 9.17) is 14.2 Å². The van der Waals surface area contributed by atoms with Gasteiger partial charge in [0.2, 0.25) is 6.79 Å². The number of urea groups is 2. The van der Waals surface area contributed by atoms with Gasteiger partial charge < -0.3 is 45.1 Å². The Hall–Kier alpha value is -4.97. The van der Waals surface area contributed by atoms with Crippen molar-refractivity contribution in [1.29, 1.82) is 0 Å². The Morgan fingerprint density at radius 3 is 2.37 bits per heavy atom. The third kappa shape index (κ3) is 6.92. The third-order valence-electron chi connectivity index (χ3n) is 7.38. The number of fused-ring (bicyclic) bond motifs is 2. The first kappa shape index (κ1) is 29.5. The molecule has 3 atom stereocenters. The molecule has 0 saturated heterocycles. The highest BCUT2D eigenvalue weighted by Crippen LogP contribution is 2.34.